The largest absolute Gasteiger partial charge is 0.494 e. The summed E-state index contributed by atoms with van der Waals surface area (Å²) < 4.78 is 6.30. The molecule has 1 N–H and O–H groups in total. The summed E-state index contributed by atoms with van der Waals surface area (Å²) in [5.74, 6) is -0.883. The molecule has 108 valence electrons. The van der Waals surface area contributed by atoms with Gasteiger partial charge < -0.3 is 9.84 Å². The topological polar surface area (TPSA) is 81.4 Å². The lowest BCUT2D eigenvalue weighted by molar-refractivity contribution is 0.0518. The molecule has 6 nitrogen and oxygen atoms in total. The Labute approximate surface area is 120 Å². The number of carbonyl (C=O) groups is 1. The van der Waals surface area contributed by atoms with Gasteiger partial charge in [0.1, 0.15) is 5.82 Å². The Hall–Kier alpha value is -2.63. The number of aromatic nitrogens is 2. The molecule has 2 aliphatic rings. The molecule has 21 heavy (non-hydrogen) atoms. The zero-order chi connectivity index (χ0) is 15.0. The molecule has 6 heteroatoms. The second kappa shape index (κ2) is 5.05. The lowest BCUT2D eigenvalue weighted by atomic mass is 9.92. The normalized spacial score (nSPS) is 21.8. The molecule has 0 bridgehead atoms. The zero-order valence-corrected chi connectivity index (χ0v) is 11.4. The molecule has 2 heterocycles. The van der Waals surface area contributed by atoms with E-state index in [0.29, 0.717) is 5.82 Å². The second-order valence-corrected chi connectivity index (χ2v) is 4.76. The molecule has 0 spiro atoms. The number of allylic oxidation sites excluding steroid dienone is 5. The van der Waals surface area contributed by atoms with E-state index in [4.69, 9.17) is 4.74 Å². The van der Waals surface area contributed by atoms with Gasteiger partial charge in [0, 0.05) is 5.92 Å². The summed E-state index contributed by atoms with van der Waals surface area (Å²) in [6, 6.07) is -0.212. The van der Waals surface area contributed by atoms with Crippen LogP contribution in [0, 0.1) is 5.92 Å². The summed E-state index contributed by atoms with van der Waals surface area (Å²) >= 11 is 0. The number of hydrogen-bond donors (Lipinski definition) is 1. The van der Waals surface area contributed by atoms with Crippen LogP contribution in [0.1, 0.15) is 29.1 Å². The Bertz CT molecular complexity index is 743. The molecule has 0 radical (unpaired) electrons. The fraction of sp³-hybridized carbons (Fsp3) is 0.267. The van der Waals surface area contributed by atoms with Gasteiger partial charge in [-0.15, -0.1) is 0 Å². The molecule has 2 atom stereocenters. The van der Waals surface area contributed by atoms with Gasteiger partial charge in [0.25, 0.3) is 5.56 Å². The highest BCUT2D eigenvalue weighted by atomic mass is 16.5. The van der Waals surface area contributed by atoms with Crippen molar-refractivity contribution in [3.63, 3.8) is 0 Å². The highest BCUT2D eigenvalue weighted by Gasteiger charge is 2.30. The molecule has 0 fully saturated rings. The maximum absolute atomic E-state index is 11.9. The minimum Gasteiger partial charge on any atom is -0.494 e. The Morgan fingerprint density at radius 1 is 1.38 bits per heavy atom. The van der Waals surface area contributed by atoms with Crippen molar-refractivity contribution >= 4 is 12.0 Å². The molecule has 0 aromatic carbocycles. The smallest absolute Gasteiger partial charge is 0.349 e. The Morgan fingerprint density at radius 2 is 2.14 bits per heavy atom. The molecule has 2 unspecified atom stereocenters. The molecule has 0 saturated heterocycles. The minimum atomic E-state index is -0.857. The van der Waals surface area contributed by atoms with E-state index < -0.39 is 23.0 Å². The van der Waals surface area contributed by atoms with Crippen molar-refractivity contribution in [3.05, 3.63) is 52.1 Å². The van der Waals surface area contributed by atoms with Gasteiger partial charge in [0.2, 0.25) is 5.88 Å². The molecule has 1 aromatic rings. The van der Waals surface area contributed by atoms with Gasteiger partial charge >= 0.3 is 5.97 Å². The van der Waals surface area contributed by atoms with Crippen LogP contribution in [0.3, 0.4) is 0 Å². The highest BCUT2D eigenvalue weighted by Crippen LogP contribution is 2.35. The number of rotatable bonds is 2. The third-order valence-electron chi connectivity index (χ3n) is 3.52. The first kappa shape index (κ1) is 13.4. The standard InChI is InChI=1S/C15H14N2O4/c1-2-21-15(20)12-13(18)16-11-8-7-9-5-3-4-6-10(9)17(11)14(12)19/h3-10,19H,2H2,1H3. The van der Waals surface area contributed by atoms with Crippen molar-refractivity contribution in [2.24, 2.45) is 5.92 Å². The zero-order valence-electron chi connectivity index (χ0n) is 11.4. The average molecular weight is 286 g/mol. The van der Waals surface area contributed by atoms with Crippen LogP contribution in [0.4, 0.5) is 0 Å². The molecule has 3 rings (SSSR count). The van der Waals surface area contributed by atoms with Gasteiger partial charge in [-0.25, -0.2) is 4.79 Å². The first-order chi connectivity index (χ1) is 10.1. The van der Waals surface area contributed by atoms with Gasteiger partial charge in [-0.2, -0.15) is 4.98 Å². The third kappa shape index (κ3) is 2.08. The first-order valence-electron chi connectivity index (χ1n) is 6.69. The summed E-state index contributed by atoms with van der Waals surface area (Å²) in [6.07, 6.45) is 11.2. The molecule has 1 aliphatic carbocycles. The summed E-state index contributed by atoms with van der Waals surface area (Å²) in [5.41, 5.74) is -1.20. The fourth-order valence-corrected chi connectivity index (χ4v) is 2.58. The summed E-state index contributed by atoms with van der Waals surface area (Å²) in [6.45, 7) is 1.75. The molecular weight excluding hydrogens is 272 g/mol. The quantitative estimate of drug-likeness (QED) is 0.832. The van der Waals surface area contributed by atoms with E-state index in [2.05, 4.69) is 4.98 Å². The molecular formula is C15H14N2O4. The Kier molecular flexibility index (Phi) is 3.21. The maximum atomic E-state index is 11.9. The van der Waals surface area contributed by atoms with Crippen LogP contribution in [0.25, 0.3) is 6.08 Å². The van der Waals surface area contributed by atoms with E-state index in [0.717, 1.165) is 0 Å². The lowest BCUT2D eigenvalue weighted by Crippen LogP contribution is -2.30. The summed E-state index contributed by atoms with van der Waals surface area (Å²) in [7, 11) is 0. The third-order valence-corrected chi connectivity index (χ3v) is 3.52. The van der Waals surface area contributed by atoms with Crippen LogP contribution in [-0.2, 0) is 4.74 Å². The van der Waals surface area contributed by atoms with E-state index in [1.54, 1.807) is 13.0 Å². The number of aromatic hydroxyl groups is 1. The van der Waals surface area contributed by atoms with Crippen molar-refractivity contribution < 1.29 is 14.6 Å². The number of fused-ring (bicyclic) bond motifs is 3. The molecule has 1 aliphatic heterocycles. The van der Waals surface area contributed by atoms with E-state index in [1.807, 2.05) is 30.4 Å². The minimum absolute atomic E-state index is 0.0488. The molecule has 0 saturated carbocycles. The lowest BCUT2D eigenvalue weighted by Gasteiger charge is -2.30. The van der Waals surface area contributed by atoms with Gasteiger partial charge in [-0.1, -0.05) is 30.4 Å². The van der Waals surface area contributed by atoms with E-state index >= 15 is 0 Å². The Morgan fingerprint density at radius 3 is 2.90 bits per heavy atom. The van der Waals surface area contributed by atoms with Crippen molar-refractivity contribution in [2.75, 3.05) is 6.61 Å². The first-order valence-corrected chi connectivity index (χ1v) is 6.69. The van der Waals surface area contributed by atoms with Gasteiger partial charge in [0.15, 0.2) is 5.56 Å². The van der Waals surface area contributed by atoms with Crippen molar-refractivity contribution in [1.29, 1.82) is 0 Å². The van der Waals surface area contributed by atoms with E-state index in [9.17, 15) is 14.7 Å². The van der Waals surface area contributed by atoms with Crippen molar-refractivity contribution in [2.45, 2.75) is 13.0 Å². The number of ether oxygens (including phenoxy) is 1. The molecule has 1 aromatic heterocycles. The number of esters is 1. The monoisotopic (exact) mass is 286 g/mol. The summed E-state index contributed by atoms with van der Waals surface area (Å²) in [4.78, 5) is 27.7. The van der Waals surface area contributed by atoms with Crippen LogP contribution in [-0.4, -0.2) is 27.2 Å². The second-order valence-electron chi connectivity index (χ2n) is 4.76. The van der Waals surface area contributed by atoms with Crippen LogP contribution in [0.15, 0.2) is 35.2 Å². The Balaban J connectivity index is 2.19. The SMILES string of the molecule is CCOC(=O)c1c(O)n2c(nc1=O)C=CC1C=CC=CC12. The number of carbonyl (C=O) groups excluding carboxylic acids is 1. The van der Waals surface area contributed by atoms with Crippen LogP contribution < -0.4 is 5.56 Å². The molecule has 0 amide bonds. The predicted molar refractivity (Wildman–Crippen MR) is 76.0 cm³/mol. The van der Waals surface area contributed by atoms with Crippen molar-refractivity contribution in [3.8, 4) is 5.88 Å². The van der Waals surface area contributed by atoms with E-state index in [1.165, 1.54) is 4.57 Å². The highest BCUT2D eigenvalue weighted by molar-refractivity contribution is 5.91. The van der Waals surface area contributed by atoms with Gasteiger partial charge in [-0.05, 0) is 13.0 Å². The fourth-order valence-electron chi connectivity index (χ4n) is 2.58. The maximum Gasteiger partial charge on any atom is 0.349 e. The predicted octanol–water partition coefficient (Wildman–Crippen LogP) is 1.44. The van der Waals surface area contributed by atoms with Gasteiger partial charge in [-0.3, -0.25) is 9.36 Å². The number of nitrogens with zero attached hydrogens (tertiary/aromatic N) is 2. The van der Waals surface area contributed by atoms with Crippen LogP contribution >= 0.6 is 0 Å². The summed E-state index contributed by atoms with van der Waals surface area (Å²) in [5, 5.41) is 10.4. The average Bonchev–Trinajstić information content (AvgIpc) is 2.46. The van der Waals surface area contributed by atoms with Gasteiger partial charge in [0.05, 0.1) is 12.6 Å². The van der Waals surface area contributed by atoms with Crippen LogP contribution in [0.5, 0.6) is 5.88 Å². The van der Waals surface area contributed by atoms with Crippen molar-refractivity contribution in [1.82, 2.24) is 9.55 Å². The van der Waals surface area contributed by atoms with Crippen LogP contribution in [0.2, 0.25) is 0 Å². The van der Waals surface area contributed by atoms with E-state index in [-0.39, 0.29) is 18.6 Å². The number of hydrogen-bond acceptors (Lipinski definition) is 5.